The van der Waals surface area contributed by atoms with Crippen molar-refractivity contribution in [1.82, 2.24) is 10.6 Å². The molecule has 0 aromatic carbocycles. The number of aliphatic hydroxyl groups excluding tert-OH is 1. The van der Waals surface area contributed by atoms with Crippen molar-refractivity contribution >= 4 is 6.03 Å². The maximum atomic E-state index is 11.5. The number of hydrogen-bond donors (Lipinski definition) is 3. The summed E-state index contributed by atoms with van der Waals surface area (Å²) in [6.45, 7) is 5.30. The first-order valence-electron chi connectivity index (χ1n) is 5.89. The second-order valence-electron chi connectivity index (χ2n) is 4.44. The van der Waals surface area contributed by atoms with Gasteiger partial charge in [-0.3, -0.25) is 0 Å². The third-order valence-electron chi connectivity index (χ3n) is 2.98. The minimum absolute atomic E-state index is 0.0426. The van der Waals surface area contributed by atoms with Crippen molar-refractivity contribution < 1.29 is 14.6 Å². The van der Waals surface area contributed by atoms with Crippen LogP contribution in [0.1, 0.15) is 26.7 Å². The van der Waals surface area contributed by atoms with Gasteiger partial charge < -0.3 is 20.5 Å². The average Bonchev–Trinajstić information content (AvgIpc) is 2.29. The number of carbonyl (C=O) groups excluding carboxylic acids is 1. The van der Waals surface area contributed by atoms with E-state index in [9.17, 15) is 4.79 Å². The van der Waals surface area contributed by atoms with Crippen LogP contribution in [0.2, 0.25) is 0 Å². The van der Waals surface area contributed by atoms with Crippen LogP contribution in [0.25, 0.3) is 0 Å². The standard InChI is InChI=1S/C11H22N2O3/c1-8(7-14)12-11(15)13-9(2)10-3-5-16-6-4-10/h8-10,14H,3-7H2,1-2H3,(H2,12,13,15). The van der Waals surface area contributed by atoms with Crippen molar-refractivity contribution in [2.45, 2.75) is 38.8 Å². The predicted octanol–water partition coefficient (Wildman–Crippen LogP) is 0.481. The van der Waals surface area contributed by atoms with Crippen molar-refractivity contribution in [1.29, 1.82) is 0 Å². The molecule has 0 spiro atoms. The summed E-state index contributed by atoms with van der Waals surface area (Å²) in [5, 5.41) is 14.4. The molecule has 0 bridgehead atoms. The lowest BCUT2D eigenvalue weighted by atomic mass is 9.93. The zero-order valence-corrected chi connectivity index (χ0v) is 10.0. The van der Waals surface area contributed by atoms with Gasteiger partial charge in [0, 0.05) is 19.3 Å². The Morgan fingerprint density at radius 1 is 1.38 bits per heavy atom. The van der Waals surface area contributed by atoms with Crippen LogP contribution >= 0.6 is 0 Å². The Hall–Kier alpha value is -0.810. The van der Waals surface area contributed by atoms with E-state index in [2.05, 4.69) is 10.6 Å². The van der Waals surface area contributed by atoms with Crippen molar-refractivity contribution in [3.8, 4) is 0 Å². The number of carbonyl (C=O) groups is 1. The molecular formula is C11H22N2O3. The van der Waals surface area contributed by atoms with E-state index in [4.69, 9.17) is 9.84 Å². The van der Waals surface area contributed by atoms with Crippen LogP contribution in [0.4, 0.5) is 4.79 Å². The molecule has 0 saturated carbocycles. The van der Waals surface area contributed by atoms with Gasteiger partial charge in [-0.15, -0.1) is 0 Å². The monoisotopic (exact) mass is 230 g/mol. The van der Waals surface area contributed by atoms with E-state index >= 15 is 0 Å². The van der Waals surface area contributed by atoms with E-state index < -0.39 is 0 Å². The van der Waals surface area contributed by atoms with Gasteiger partial charge >= 0.3 is 6.03 Å². The molecule has 0 aromatic rings. The van der Waals surface area contributed by atoms with E-state index in [-0.39, 0.29) is 24.7 Å². The smallest absolute Gasteiger partial charge is 0.315 e. The molecule has 2 atom stereocenters. The summed E-state index contributed by atoms with van der Waals surface area (Å²) >= 11 is 0. The molecule has 1 rings (SSSR count). The Labute approximate surface area is 96.6 Å². The van der Waals surface area contributed by atoms with Crippen molar-refractivity contribution in [3.63, 3.8) is 0 Å². The van der Waals surface area contributed by atoms with E-state index in [0.717, 1.165) is 26.1 Å². The van der Waals surface area contributed by atoms with Crippen molar-refractivity contribution in [2.24, 2.45) is 5.92 Å². The molecule has 5 heteroatoms. The highest BCUT2D eigenvalue weighted by Gasteiger charge is 2.21. The number of urea groups is 1. The maximum Gasteiger partial charge on any atom is 0.315 e. The van der Waals surface area contributed by atoms with Crippen LogP contribution in [0, 0.1) is 5.92 Å². The van der Waals surface area contributed by atoms with Gasteiger partial charge in [-0.2, -0.15) is 0 Å². The van der Waals surface area contributed by atoms with E-state index in [1.807, 2.05) is 6.92 Å². The summed E-state index contributed by atoms with van der Waals surface area (Å²) in [6.07, 6.45) is 1.99. The number of aliphatic hydroxyl groups is 1. The zero-order chi connectivity index (χ0) is 12.0. The molecule has 0 aliphatic carbocycles. The fraction of sp³-hybridized carbons (Fsp3) is 0.909. The molecule has 0 radical (unpaired) electrons. The lowest BCUT2D eigenvalue weighted by molar-refractivity contribution is 0.0570. The SMILES string of the molecule is CC(CO)NC(=O)NC(C)C1CCOCC1. The van der Waals surface area contributed by atoms with Crippen LogP contribution in [-0.2, 0) is 4.74 Å². The van der Waals surface area contributed by atoms with Gasteiger partial charge in [0.15, 0.2) is 0 Å². The molecule has 1 aliphatic heterocycles. The number of rotatable bonds is 4. The Morgan fingerprint density at radius 3 is 2.56 bits per heavy atom. The third-order valence-corrected chi connectivity index (χ3v) is 2.98. The van der Waals surface area contributed by atoms with Gasteiger partial charge in [-0.05, 0) is 32.6 Å². The molecular weight excluding hydrogens is 208 g/mol. The highest BCUT2D eigenvalue weighted by atomic mass is 16.5. The first kappa shape index (κ1) is 13.3. The second kappa shape index (κ2) is 6.70. The van der Waals surface area contributed by atoms with E-state index in [1.165, 1.54) is 0 Å². The Kier molecular flexibility index (Phi) is 5.55. The first-order valence-corrected chi connectivity index (χ1v) is 5.89. The van der Waals surface area contributed by atoms with Gasteiger partial charge in [-0.1, -0.05) is 0 Å². The van der Waals surface area contributed by atoms with Crippen LogP contribution in [0.3, 0.4) is 0 Å². The fourth-order valence-corrected chi connectivity index (χ4v) is 1.85. The quantitative estimate of drug-likeness (QED) is 0.658. The van der Waals surface area contributed by atoms with Crippen molar-refractivity contribution in [3.05, 3.63) is 0 Å². The number of ether oxygens (including phenoxy) is 1. The molecule has 0 aromatic heterocycles. The molecule has 5 nitrogen and oxygen atoms in total. The van der Waals surface area contributed by atoms with Gasteiger partial charge in [0.25, 0.3) is 0 Å². The summed E-state index contributed by atoms with van der Waals surface area (Å²) in [6, 6.07) is -0.266. The lowest BCUT2D eigenvalue weighted by Crippen LogP contribution is -2.48. The molecule has 16 heavy (non-hydrogen) atoms. The van der Waals surface area contributed by atoms with Gasteiger partial charge in [0.05, 0.1) is 12.6 Å². The predicted molar refractivity (Wildman–Crippen MR) is 61.2 cm³/mol. The molecule has 1 aliphatic rings. The summed E-state index contributed by atoms with van der Waals surface area (Å²) in [5.74, 6) is 0.490. The van der Waals surface area contributed by atoms with Gasteiger partial charge in [0.1, 0.15) is 0 Å². The zero-order valence-electron chi connectivity index (χ0n) is 10.0. The molecule has 1 fully saturated rings. The summed E-state index contributed by atoms with van der Waals surface area (Å²) in [4.78, 5) is 11.5. The van der Waals surface area contributed by atoms with E-state index in [1.54, 1.807) is 6.92 Å². The number of hydrogen-bond acceptors (Lipinski definition) is 3. The Balaban J connectivity index is 2.26. The maximum absolute atomic E-state index is 11.5. The van der Waals surface area contributed by atoms with Crippen LogP contribution in [0.5, 0.6) is 0 Å². The minimum atomic E-state index is -0.208. The summed E-state index contributed by atoms with van der Waals surface area (Å²) < 4.78 is 5.28. The highest BCUT2D eigenvalue weighted by Crippen LogP contribution is 2.18. The van der Waals surface area contributed by atoms with Gasteiger partial charge in [-0.25, -0.2) is 4.79 Å². The fourth-order valence-electron chi connectivity index (χ4n) is 1.85. The number of nitrogens with one attached hydrogen (secondary N) is 2. The summed E-state index contributed by atoms with van der Waals surface area (Å²) in [7, 11) is 0. The first-order chi connectivity index (χ1) is 7.63. The molecule has 1 saturated heterocycles. The average molecular weight is 230 g/mol. The highest BCUT2D eigenvalue weighted by molar-refractivity contribution is 5.74. The van der Waals surface area contributed by atoms with Crippen LogP contribution in [-0.4, -0.2) is 43.0 Å². The molecule has 3 N–H and O–H groups in total. The molecule has 94 valence electrons. The Morgan fingerprint density at radius 2 is 2.00 bits per heavy atom. The largest absolute Gasteiger partial charge is 0.394 e. The topological polar surface area (TPSA) is 70.6 Å². The molecule has 2 unspecified atom stereocenters. The molecule has 1 heterocycles. The van der Waals surface area contributed by atoms with Crippen molar-refractivity contribution in [2.75, 3.05) is 19.8 Å². The van der Waals surface area contributed by atoms with Crippen LogP contribution < -0.4 is 10.6 Å². The van der Waals surface area contributed by atoms with E-state index in [0.29, 0.717) is 5.92 Å². The Bertz CT molecular complexity index is 217. The third kappa shape index (κ3) is 4.37. The van der Waals surface area contributed by atoms with Gasteiger partial charge in [0.2, 0.25) is 0 Å². The second-order valence-corrected chi connectivity index (χ2v) is 4.44. The number of amides is 2. The summed E-state index contributed by atoms with van der Waals surface area (Å²) in [5.41, 5.74) is 0. The van der Waals surface area contributed by atoms with Crippen LogP contribution in [0.15, 0.2) is 0 Å². The normalized spacial score (nSPS) is 21.2. The minimum Gasteiger partial charge on any atom is -0.394 e. The molecule has 2 amide bonds. The lowest BCUT2D eigenvalue weighted by Gasteiger charge is -2.28.